The van der Waals surface area contributed by atoms with Crippen molar-refractivity contribution in [1.29, 1.82) is 0 Å². The van der Waals surface area contributed by atoms with E-state index in [1.807, 2.05) is 0 Å². The summed E-state index contributed by atoms with van der Waals surface area (Å²) in [4.78, 5) is -0.304. The third kappa shape index (κ3) is 4.44. The standard InChI is InChI=1S/C11H14BrF3N2O3S/c1-17(6-11(13,14)15)21(18,19)9-4-8(20-10(9)12)5-16-7-2-3-7/h4,7,16H,2-3,5-6H2,1H3. The van der Waals surface area contributed by atoms with E-state index in [1.54, 1.807) is 0 Å². The van der Waals surface area contributed by atoms with E-state index >= 15 is 0 Å². The predicted octanol–water partition coefficient (Wildman–Crippen LogP) is 2.48. The Morgan fingerprint density at radius 1 is 1.48 bits per heavy atom. The molecule has 1 aliphatic rings. The molecule has 1 aromatic heterocycles. The van der Waals surface area contributed by atoms with Crippen LogP contribution < -0.4 is 5.32 Å². The van der Waals surface area contributed by atoms with Crippen LogP contribution in [0.25, 0.3) is 0 Å². The van der Waals surface area contributed by atoms with E-state index in [2.05, 4.69) is 21.2 Å². The van der Waals surface area contributed by atoms with Crippen LogP contribution in [0.4, 0.5) is 13.2 Å². The number of hydrogen-bond donors (Lipinski definition) is 1. The lowest BCUT2D eigenvalue weighted by molar-refractivity contribution is -0.134. The Balaban J connectivity index is 2.14. The van der Waals surface area contributed by atoms with Gasteiger partial charge in [0.15, 0.2) is 4.67 Å². The zero-order valence-electron chi connectivity index (χ0n) is 11.1. The zero-order valence-corrected chi connectivity index (χ0v) is 13.5. The summed E-state index contributed by atoms with van der Waals surface area (Å²) >= 11 is 2.94. The fourth-order valence-electron chi connectivity index (χ4n) is 1.70. The molecule has 0 radical (unpaired) electrons. The molecule has 0 saturated heterocycles. The number of nitrogens with zero attached hydrogens (tertiary/aromatic N) is 1. The summed E-state index contributed by atoms with van der Waals surface area (Å²) in [6.07, 6.45) is -2.49. The van der Waals surface area contributed by atoms with Gasteiger partial charge < -0.3 is 9.73 Å². The van der Waals surface area contributed by atoms with Crippen molar-refractivity contribution >= 4 is 26.0 Å². The van der Waals surface area contributed by atoms with Crippen LogP contribution >= 0.6 is 15.9 Å². The topological polar surface area (TPSA) is 62.6 Å². The van der Waals surface area contributed by atoms with Crippen LogP contribution in [-0.2, 0) is 16.6 Å². The molecule has 0 aromatic carbocycles. The van der Waals surface area contributed by atoms with Crippen molar-refractivity contribution < 1.29 is 26.0 Å². The number of alkyl halides is 3. The summed E-state index contributed by atoms with van der Waals surface area (Å²) in [6.45, 7) is -1.22. The van der Waals surface area contributed by atoms with Crippen molar-refractivity contribution in [2.45, 2.75) is 36.5 Å². The molecule has 0 atom stereocenters. The molecule has 1 aliphatic carbocycles. The highest BCUT2D eigenvalue weighted by atomic mass is 79.9. The Hall–Kier alpha value is -0.580. The molecule has 0 bridgehead atoms. The first-order valence-electron chi connectivity index (χ1n) is 6.14. The number of furan rings is 1. The minimum absolute atomic E-state index is 0.0934. The van der Waals surface area contributed by atoms with Gasteiger partial charge in [-0.05, 0) is 28.8 Å². The van der Waals surface area contributed by atoms with E-state index in [0.29, 0.717) is 18.3 Å². The molecule has 0 amide bonds. The summed E-state index contributed by atoms with van der Waals surface area (Å²) in [5.74, 6) is 0.354. The monoisotopic (exact) mass is 390 g/mol. The molecule has 5 nitrogen and oxygen atoms in total. The lowest BCUT2D eigenvalue weighted by atomic mass is 10.4. The molecule has 21 heavy (non-hydrogen) atoms. The van der Waals surface area contributed by atoms with Gasteiger partial charge in [0, 0.05) is 19.2 Å². The number of rotatable bonds is 6. The maximum atomic E-state index is 12.3. The molecule has 1 heterocycles. The Labute approximate surface area is 128 Å². The number of sulfonamides is 1. The van der Waals surface area contributed by atoms with E-state index in [-0.39, 0.29) is 13.9 Å². The lowest BCUT2D eigenvalue weighted by Crippen LogP contribution is -2.35. The van der Waals surface area contributed by atoms with Crippen LogP contribution in [0.15, 0.2) is 20.0 Å². The number of halogens is 4. The zero-order chi connectivity index (χ0) is 15.8. The normalized spacial score (nSPS) is 16.7. The Bertz CT molecular complexity index is 611. The van der Waals surface area contributed by atoms with Gasteiger partial charge in [-0.1, -0.05) is 0 Å². The predicted molar refractivity (Wildman–Crippen MR) is 72.1 cm³/mol. The molecule has 0 aliphatic heterocycles. The third-order valence-corrected chi connectivity index (χ3v) is 5.60. The fourth-order valence-corrected chi connectivity index (χ4v) is 3.81. The van der Waals surface area contributed by atoms with Gasteiger partial charge in [-0.3, -0.25) is 0 Å². The molecule has 1 saturated carbocycles. The number of nitrogens with one attached hydrogen (secondary N) is 1. The smallest absolute Gasteiger partial charge is 0.402 e. The minimum Gasteiger partial charge on any atom is -0.452 e. The first-order chi connectivity index (χ1) is 9.59. The maximum absolute atomic E-state index is 12.3. The van der Waals surface area contributed by atoms with E-state index in [0.717, 1.165) is 19.9 Å². The van der Waals surface area contributed by atoms with Gasteiger partial charge >= 0.3 is 6.18 Å². The molecule has 120 valence electrons. The van der Waals surface area contributed by atoms with Gasteiger partial charge in [-0.25, -0.2) is 8.42 Å². The molecule has 10 heteroatoms. The molecular weight excluding hydrogens is 377 g/mol. The number of hydrogen-bond acceptors (Lipinski definition) is 4. The van der Waals surface area contributed by atoms with Crippen LogP contribution in [0, 0.1) is 0 Å². The van der Waals surface area contributed by atoms with Crippen molar-refractivity contribution in [1.82, 2.24) is 9.62 Å². The van der Waals surface area contributed by atoms with Crippen LogP contribution in [0.3, 0.4) is 0 Å². The van der Waals surface area contributed by atoms with E-state index in [9.17, 15) is 21.6 Å². The van der Waals surface area contributed by atoms with Gasteiger partial charge in [0.1, 0.15) is 17.2 Å². The van der Waals surface area contributed by atoms with Crippen molar-refractivity contribution in [3.63, 3.8) is 0 Å². The largest absolute Gasteiger partial charge is 0.452 e. The SMILES string of the molecule is CN(CC(F)(F)F)S(=O)(=O)c1cc(CNC2CC2)oc1Br. The van der Waals surface area contributed by atoms with Crippen molar-refractivity contribution in [3.05, 3.63) is 16.5 Å². The third-order valence-electron chi connectivity index (χ3n) is 2.94. The van der Waals surface area contributed by atoms with E-state index in [1.165, 1.54) is 6.07 Å². The highest BCUT2D eigenvalue weighted by Crippen LogP contribution is 2.30. The van der Waals surface area contributed by atoms with Gasteiger partial charge in [-0.15, -0.1) is 0 Å². The molecular formula is C11H14BrF3N2O3S. The Kier molecular flexibility index (Phi) is 4.72. The second kappa shape index (κ2) is 5.90. The molecule has 0 spiro atoms. The highest BCUT2D eigenvalue weighted by molar-refractivity contribution is 9.10. The molecule has 1 N–H and O–H groups in total. The molecule has 1 fully saturated rings. The summed E-state index contributed by atoms with van der Waals surface area (Å²) in [5.41, 5.74) is 0. The average molecular weight is 391 g/mol. The van der Waals surface area contributed by atoms with Crippen LogP contribution in [0.1, 0.15) is 18.6 Å². The van der Waals surface area contributed by atoms with E-state index in [4.69, 9.17) is 4.42 Å². The quantitative estimate of drug-likeness (QED) is 0.810. The molecule has 1 aromatic rings. The second-order valence-electron chi connectivity index (χ2n) is 4.88. The van der Waals surface area contributed by atoms with Gasteiger partial charge in [0.2, 0.25) is 10.0 Å². The summed E-state index contributed by atoms with van der Waals surface area (Å²) in [7, 11) is -3.38. The van der Waals surface area contributed by atoms with Crippen molar-refractivity contribution in [2.75, 3.05) is 13.6 Å². The first-order valence-corrected chi connectivity index (χ1v) is 8.37. The maximum Gasteiger partial charge on any atom is 0.402 e. The summed E-state index contributed by atoms with van der Waals surface area (Å²) in [6, 6.07) is 1.64. The second-order valence-corrected chi connectivity index (χ2v) is 7.62. The van der Waals surface area contributed by atoms with Crippen LogP contribution in [0.5, 0.6) is 0 Å². The van der Waals surface area contributed by atoms with Gasteiger partial charge in [0.05, 0.1) is 6.54 Å². The van der Waals surface area contributed by atoms with Crippen molar-refractivity contribution in [3.8, 4) is 0 Å². The Morgan fingerprint density at radius 3 is 2.62 bits per heavy atom. The molecule has 0 unspecified atom stereocenters. The van der Waals surface area contributed by atoms with Crippen molar-refractivity contribution in [2.24, 2.45) is 0 Å². The highest BCUT2D eigenvalue weighted by Gasteiger charge is 2.36. The minimum atomic E-state index is -4.60. The van der Waals surface area contributed by atoms with Crippen LogP contribution in [-0.4, -0.2) is 38.5 Å². The van der Waals surface area contributed by atoms with Gasteiger partial charge in [-0.2, -0.15) is 17.5 Å². The van der Waals surface area contributed by atoms with E-state index < -0.39 is 22.7 Å². The molecule has 2 rings (SSSR count). The van der Waals surface area contributed by atoms with Crippen LogP contribution in [0.2, 0.25) is 0 Å². The van der Waals surface area contributed by atoms with Gasteiger partial charge in [0.25, 0.3) is 0 Å². The fraction of sp³-hybridized carbons (Fsp3) is 0.636. The lowest BCUT2D eigenvalue weighted by Gasteiger charge is -2.17. The summed E-state index contributed by atoms with van der Waals surface area (Å²) < 4.78 is 66.6. The average Bonchev–Trinajstić information content (AvgIpc) is 3.07. The first kappa shape index (κ1) is 16.8. The Morgan fingerprint density at radius 2 is 2.10 bits per heavy atom. The summed E-state index contributed by atoms with van der Waals surface area (Å²) in [5, 5.41) is 3.13.